The fraction of sp³-hybridized carbons (Fsp3) is 0.136. The SMILES string of the molecule is CCN(c1ccccc1)S(=O)(=O)c1ccc(NC(=O)COc2ccccc2Cl)cc1. The Hall–Kier alpha value is -3.03. The number of carbonyl (C=O) groups is 1. The van der Waals surface area contributed by atoms with E-state index in [0.717, 1.165) is 0 Å². The molecule has 0 aliphatic heterocycles. The van der Waals surface area contributed by atoms with Crippen LogP contribution in [0.15, 0.2) is 83.8 Å². The van der Waals surface area contributed by atoms with Crippen LogP contribution in [0.4, 0.5) is 11.4 Å². The summed E-state index contributed by atoms with van der Waals surface area (Å²) in [5, 5.41) is 3.09. The van der Waals surface area contributed by atoms with Crippen molar-refractivity contribution in [3.63, 3.8) is 0 Å². The number of benzene rings is 3. The third-order valence-corrected chi connectivity index (χ3v) is 6.48. The number of nitrogens with zero attached hydrogens (tertiary/aromatic N) is 1. The highest BCUT2D eigenvalue weighted by molar-refractivity contribution is 7.92. The third kappa shape index (κ3) is 5.11. The van der Waals surface area contributed by atoms with E-state index in [1.165, 1.54) is 16.4 Å². The Morgan fingerprint density at radius 3 is 2.23 bits per heavy atom. The Morgan fingerprint density at radius 2 is 1.60 bits per heavy atom. The fourth-order valence-electron chi connectivity index (χ4n) is 2.83. The monoisotopic (exact) mass is 444 g/mol. The number of ether oxygens (including phenoxy) is 1. The maximum absolute atomic E-state index is 13.0. The predicted octanol–water partition coefficient (Wildman–Crippen LogP) is 4.57. The van der Waals surface area contributed by atoms with E-state index in [-0.39, 0.29) is 17.4 Å². The van der Waals surface area contributed by atoms with Crippen LogP contribution in [0.1, 0.15) is 6.92 Å². The number of anilines is 2. The van der Waals surface area contributed by atoms with Crippen molar-refractivity contribution in [1.29, 1.82) is 0 Å². The molecule has 0 heterocycles. The number of hydrogen-bond acceptors (Lipinski definition) is 4. The molecule has 0 bridgehead atoms. The van der Waals surface area contributed by atoms with E-state index in [2.05, 4.69) is 5.32 Å². The molecule has 0 aromatic heterocycles. The second-order valence-corrected chi connectivity index (χ2v) is 8.57. The normalized spacial score (nSPS) is 11.0. The summed E-state index contributed by atoms with van der Waals surface area (Å²) in [7, 11) is -3.72. The van der Waals surface area contributed by atoms with E-state index in [9.17, 15) is 13.2 Å². The van der Waals surface area contributed by atoms with Crippen molar-refractivity contribution >= 4 is 38.9 Å². The van der Waals surface area contributed by atoms with Crippen molar-refractivity contribution < 1.29 is 17.9 Å². The van der Waals surface area contributed by atoms with Gasteiger partial charge in [0.2, 0.25) is 0 Å². The molecule has 30 heavy (non-hydrogen) atoms. The smallest absolute Gasteiger partial charge is 0.264 e. The van der Waals surface area contributed by atoms with Gasteiger partial charge in [0.15, 0.2) is 6.61 Å². The molecule has 3 rings (SSSR count). The van der Waals surface area contributed by atoms with Crippen molar-refractivity contribution in [2.75, 3.05) is 22.8 Å². The molecule has 0 atom stereocenters. The fourth-order valence-corrected chi connectivity index (χ4v) is 4.49. The van der Waals surface area contributed by atoms with Crippen LogP contribution >= 0.6 is 11.6 Å². The van der Waals surface area contributed by atoms with Crippen molar-refractivity contribution in [1.82, 2.24) is 0 Å². The lowest BCUT2D eigenvalue weighted by Crippen LogP contribution is -2.30. The summed E-state index contributed by atoms with van der Waals surface area (Å²) < 4.78 is 32.7. The van der Waals surface area contributed by atoms with Crippen LogP contribution in [-0.4, -0.2) is 27.5 Å². The molecule has 0 fully saturated rings. The molecule has 156 valence electrons. The molecule has 3 aromatic carbocycles. The van der Waals surface area contributed by atoms with E-state index >= 15 is 0 Å². The maximum Gasteiger partial charge on any atom is 0.264 e. The molecule has 6 nitrogen and oxygen atoms in total. The lowest BCUT2D eigenvalue weighted by molar-refractivity contribution is -0.118. The van der Waals surface area contributed by atoms with Crippen molar-refractivity contribution in [2.45, 2.75) is 11.8 Å². The molecule has 0 saturated heterocycles. The number of amides is 1. The summed E-state index contributed by atoms with van der Waals surface area (Å²) in [6.07, 6.45) is 0. The van der Waals surface area contributed by atoms with Gasteiger partial charge in [0.05, 0.1) is 15.6 Å². The molecule has 1 N–H and O–H groups in total. The summed E-state index contributed by atoms with van der Waals surface area (Å²) in [6, 6.07) is 21.8. The molecule has 0 spiro atoms. The Bertz CT molecular complexity index is 1100. The Labute approximate surface area is 181 Å². The van der Waals surface area contributed by atoms with Gasteiger partial charge in [0.25, 0.3) is 15.9 Å². The van der Waals surface area contributed by atoms with Crippen LogP contribution in [0.25, 0.3) is 0 Å². The quantitative estimate of drug-likeness (QED) is 0.552. The van der Waals surface area contributed by atoms with Crippen LogP contribution < -0.4 is 14.4 Å². The van der Waals surface area contributed by atoms with Crippen LogP contribution in [0, 0.1) is 0 Å². The first-order valence-corrected chi connectivity index (χ1v) is 11.1. The summed E-state index contributed by atoms with van der Waals surface area (Å²) >= 11 is 5.99. The van der Waals surface area contributed by atoms with E-state index < -0.39 is 10.0 Å². The molecule has 0 unspecified atom stereocenters. The van der Waals surface area contributed by atoms with Gasteiger partial charge in [0, 0.05) is 12.2 Å². The average molecular weight is 445 g/mol. The van der Waals surface area contributed by atoms with Gasteiger partial charge in [-0.2, -0.15) is 0 Å². The zero-order valence-electron chi connectivity index (χ0n) is 16.3. The number of nitrogens with one attached hydrogen (secondary N) is 1. The first kappa shape index (κ1) is 21.7. The first-order chi connectivity index (χ1) is 14.4. The largest absolute Gasteiger partial charge is 0.482 e. The number of halogens is 1. The first-order valence-electron chi connectivity index (χ1n) is 9.27. The highest BCUT2D eigenvalue weighted by Crippen LogP contribution is 2.25. The number of sulfonamides is 1. The molecule has 1 amide bonds. The Balaban J connectivity index is 1.66. The summed E-state index contributed by atoms with van der Waals surface area (Å²) in [4.78, 5) is 12.3. The van der Waals surface area contributed by atoms with E-state index in [1.807, 2.05) is 6.07 Å². The molecule has 0 aliphatic rings. The lowest BCUT2D eigenvalue weighted by Gasteiger charge is -2.23. The van der Waals surface area contributed by atoms with E-state index in [1.54, 1.807) is 67.6 Å². The van der Waals surface area contributed by atoms with Crippen LogP contribution in [-0.2, 0) is 14.8 Å². The van der Waals surface area contributed by atoms with Crippen LogP contribution in [0.5, 0.6) is 5.75 Å². The minimum absolute atomic E-state index is 0.138. The van der Waals surface area contributed by atoms with E-state index in [4.69, 9.17) is 16.3 Å². The van der Waals surface area contributed by atoms with Crippen molar-refractivity contribution in [3.05, 3.63) is 83.9 Å². The van der Waals surface area contributed by atoms with Crippen LogP contribution in [0.3, 0.4) is 0 Å². The average Bonchev–Trinajstić information content (AvgIpc) is 2.75. The van der Waals surface area contributed by atoms with Gasteiger partial charge in [-0.1, -0.05) is 41.9 Å². The van der Waals surface area contributed by atoms with Gasteiger partial charge in [-0.25, -0.2) is 8.42 Å². The molecule has 3 aromatic rings. The molecular weight excluding hydrogens is 424 g/mol. The molecule has 8 heteroatoms. The topological polar surface area (TPSA) is 75.7 Å². The maximum atomic E-state index is 13.0. The highest BCUT2D eigenvalue weighted by Gasteiger charge is 2.23. The van der Waals surface area contributed by atoms with E-state index in [0.29, 0.717) is 28.7 Å². The summed E-state index contributed by atoms with van der Waals surface area (Å²) in [5.74, 6) is 0.0290. The number of rotatable bonds is 8. The third-order valence-electron chi connectivity index (χ3n) is 4.25. The Kier molecular flexibility index (Phi) is 6.97. The summed E-state index contributed by atoms with van der Waals surface area (Å²) in [5.41, 5.74) is 1.05. The van der Waals surface area contributed by atoms with Gasteiger partial charge in [-0.05, 0) is 55.5 Å². The molecule has 0 saturated carbocycles. The van der Waals surface area contributed by atoms with Gasteiger partial charge < -0.3 is 10.1 Å². The van der Waals surface area contributed by atoms with Gasteiger partial charge in [0.1, 0.15) is 5.75 Å². The molecule has 0 aliphatic carbocycles. The lowest BCUT2D eigenvalue weighted by atomic mass is 10.3. The number of carbonyl (C=O) groups excluding carboxylic acids is 1. The second-order valence-electron chi connectivity index (χ2n) is 6.30. The zero-order valence-corrected chi connectivity index (χ0v) is 17.9. The predicted molar refractivity (Wildman–Crippen MR) is 119 cm³/mol. The zero-order chi connectivity index (χ0) is 21.6. The standard InChI is InChI=1S/C22H21ClN2O4S/c1-2-25(18-8-4-3-5-9-18)30(27,28)19-14-12-17(13-15-19)24-22(26)16-29-21-11-7-6-10-20(21)23/h3-15H,2,16H2,1H3,(H,24,26). The van der Waals surface area contributed by atoms with Gasteiger partial charge in [-0.15, -0.1) is 0 Å². The van der Waals surface area contributed by atoms with Crippen molar-refractivity contribution in [3.8, 4) is 5.75 Å². The van der Waals surface area contributed by atoms with Crippen LogP contribution in [0.2, 0.25) is 5.02 Å². The number of para-hydroxylation sites is 2. The summed E-state index contributed by atoms with van der Waals surface area (Å²) in [6.45, 7) is 1.85. The number of hydrogen-bond donors (Lipinski definition) is 1. The molecule has 0 radical (unpaired) electrons. The minimum atomic E-state index is -3.72. The minimum Gasteiger partial charge on any atom is -0.482 e. The van der Waals surface area contributed by atoms with Crippen molar-refractivity contribution in [2.24, 2.45) is 0 Å². The van der Waals surface area contributed by atoms with Gasteiger partial charge in [-0.3, -0.25) is 9.10 Å². The second kappa shape index (κ2) is 9.65. The Morgan fingerprint density at radius 1 is 0.967 bits per heavy atom. The molecular formula is C22H21ClN2O4S. The highest BCUT2D eigenvalue weighted by atomic mass is 35.5. The van der Waals surface area contributed by atoms with Gasteiger partial charge >= 0.3 is 0 Å².